The summed E-state index contributed by atoms with van der Waals surface area (Å²) in [5, 5.41) is 9.97. The lowest BCUT2D eigenvalue weighted by Crippen LogP contribution is -2.44. The fraction of sp³-hybridized carbons (Fsp3) is 0.242. The van der Waals surface area contributed by atoms with Gasteiger partial charge in [0, 0.05) is 23.2 Å². The molecule has 4 aromatic carbocycles. The van der Waals surface area contributed by atoms with Crippen molar-refractivity contribution in [3.05, 3.63) is 119 Å². The minimum Gasteiger partial charge on any atom is -0.406 e. The number of benzene rings is 4. The summed E-state index contributed by atoms with van der Waals surface area (Å²) in [4.78, 5) is 17.7. The first-order chi connectivity index (χ1) is 21.2. The van der Waals surface area contributed by atoms with Gasteiger partial charge in [-0.3, -0.25) is 0 Å². The first-order valence-corrected chi connectivity index (χ1v) is 13.5. The lowest BCUT2D eigenvalue weighted by atomic mass is 9.71. The third kappa shape index (κ3) is 7.53. The lowest BCUT2D eigenvalue weighted by Gasteiger charge is -2.33. The molecule has 0 radical (unpaired) electrons. The molecule has 1 N–H and O–H groups in total. The molecule has 0 fully saturated rings. The molecule has 0 aromatic heterocycles. The number of para-hydroxylation sites is 1. The highest BCUT2D eigenvalue weighted by Crippen LogP contribution is 2.49. The Labute approximate surface area is 253 Å². The van der Waals surface area contributed by atoms with Crippen LogP contribution in [-0.4, -0.2) is 43.0 Å². The molecule has 0 spiro atoms. The summed E-state index contributed by atoms with van der Waals surface area (Å²) in [7, 11) is 0. The van der Waals surface area contributed by atoms with Gasteiger partial charge in [0.15, 0.2) is 6.10 Å². The van der Waals surface area contributed by atoms with E-state index in [1.165, 1.54) is 23.1 Å². The Balaban J connectivity index is 0.00000148. The number of hydrogen-bond donors (Lipinski definition) is 1. The van der Waals surface area contributed by atoms with E-state index in [1.807, 2.05) is 19.1 Å². The molecule has 4 aromatic rings. The van der Waals surface area contributed by atoms with Gasteiger partial charge in [-0.25, -0.2) is 4.39 Å². The summed E-state index contributed by atoms with van der Waals surface area (Å²) in [6, 6.07) is 23.8. The molecular formula is C33H26F7NO4. The highest BCUT2D eigenvalue weighted by Gasteiger charge is 2.47. The van der Waals surface area contributed by atoms with Crippen molar-refractivity contribution in [3.8, 4) is 16.9 Å². The predicted octanol–water partition coefficient (Wildman–Crippen LogP) is 7.39. The average Bonchev–Trinajstić information content (AvgIpc) is 3.26. The second kappa shape index (κ2) is 13.1. The van der Waals surface area contributed by atoms with E-state index in [4.69, 9.17) is 9.59 Å². The molecule has 1 unspecified atom stereocenters. The third-order valence-corrected chi connectivity index (χ3v) is 7.58. The summed E-state index contributed by atoms with van der Waals surface area (Å²) in [5.74, 6) is -0.940. The molecule has 1 heterocycles. The molecule has 236 valence electrons. The van der Waals surface area contributed by atoms with E-state index in [-0.39, 0.29) is 24.7 Å². The van der Waals surface area contributed by atoms with Gasteiger partial charge in [0.25, 0.3) is 0 Å². The number of carbonyl (C=O) groups excluding carboxylic acids is 2. The maximum atomic E-state index is 15.3. The van der Waals surface area contributed by atoms with E-state index < -0.39 is 42.2 Å². The van der Waals surface area contributed by atoms with Gasteiger partial charge < -0.3 is 14.7 Å². The Hall–Kier alpha value is -4.67. The highest BCUT2D eigenvalue weighted by atomic mass is 19.4. The van der Waals surface area contributed by atoms with Crippen LogP contribution < -0.4 is 9.64 Å². The molecule has 12 heteroatoms. The van der Waals surface area contributed by atoms with Gasteiger partial charge >= 0.3 is 18.7 Å². The first kappa shape index (κ1) is 33.2. The van der Waals surface area contributed by atoms with E-state index in [0.717, 1.165) is 11.6 Å². The van der Waals surface area contributed by atoms with Crippen molar-refractivity contribution in [2.45, 2.75) is 37.4 Å². The summed E-state index contributed by atoms with van der Waals surface area (Å²) in [6.45, 7) is 1.02. The van der Waals surface area contributed by atoms with Crippen LogP contribution in [0.5, 0.6) is 5.75 Å². The van der Waals surface area contributed by atoms with Crippen LogP contribution in [-0.2, 0) is 21.4 Å². The van der Waals surface area contributed by atoms with Gasteiger partial charge in [-0.05, 0) is 71.5 Å². The van der Waals surface area contributed by atoms with Crippen molar-refractivity contribution in [1.82, 2.24) is 0 Å². The smallest absolute Gasteiger partial charge is 0.406 e. The Morgan fingerprint density at radius 2 is 1.56 bits per heavy atom. The Kier molecular flexibility index (Phi) is 9.70. The second-order valence-electron chi connectivity index (χ2n) is 10.5. The number of rotatable bonds is 7. The topological polar surface area (TPSA) is 66.8 Å². The zero-order chi connectivity index (χ0) is 33.0. The predicted molar refractivity (Wildman–Crippen MR) is 150 cm³/mol. The summed E-state index contributed by atoms with van der Waals surface area (Å²) >= 11 is 0. The van der Waals surface area contributed by atoms with Crippen molar-refractivity contribution < 1.29 is 50.2 Å². The van der Waals surface area contributed by atoms with Crippen LogP contribution in [0.1, 0.15) is 22.3 Å². The average molecular weight is 634 g/mol. The van der Waals surface area contributed by atoms with Crippen LogP contribution in [0.15, 0.2) is 91.0 Å². The van der Waals surface area contributed by atoms with Crippen molar-refractivity contribution in [2.24, 2.45) is 0 Å². The molecule has 5 rings (SSSR count). The number of halogens is 7. The van der Waals surface area contributed by atoms with E-state index in [1.54, 1.807) is 54.6 Å². The fourth-order valence-corrected chi connectivity index (χ4v) is 5.73. The normalized spacial score (nSPS) is 16.7. The van der Waals surface area contributed by atoms with Crippen molar-refractivity contribution in [3.63, 3.8) is 0 Å². The molecule has 0 saturated carbocycles. The number of alkyl halides is 6. The van der Waals surface area contributed by atoms with Gasteiger partial charge in [-0.15, -0.1) is 13.2 Å². The van der Waals surface area contributed by atoms with E-state index in [0.29, 0.717) is 27.9 Å². The molecule has 5 nitrogen and oxygen atoms in total. The van der Waals surface area contributed by atoms with E-state index in [9.17, 15) is 31.4 Å². The molecule has 0 saturated heterocycles. The molecule has 0 bridgehead atoms. The first-order valence-electron chi connectivity index (χ1n) is 13.5. The van der Waals surface area contributed by atoms with Crippen molar-refractivity contribution in [1.29, 1.82) is 0 Å². The highest BCUT2D eigenvalue weighted by molar-refractivity contribution is 5.72. The van der Waals surface area contributed by atoms with Gasteiger partial charge in [0.1, 0.15) is 11.6 Å². The zero-order valence-electron chi connectivity index (χ0n) is 23.6. The number of nitrogens with zero attached hydrogens (tertiary/aromatic N) is 1. The van der Waals surface area contributed by atoms with Gasteiger partial charge in [-0.1, -0.05) is 60.7 Å². The number of aliphatic hydroxyl groups excluding tert-OH is 1. The van der Waals surface area contributed by atoms with Gasteiger partial charge in [0.05, 0.1) is 6.54 Å². The maximum Gasteiger partial charge on any atom is 0.573 e. The lowest BCUT2D eigenvalue weighted by molar-refractivity contribution is -0.274. The van der Waals surface area contributed by atoms with E-state index >= 15 is 4.39 Å². The minimum absolute atomic E-state index is 0.0521. The van der Waals surface area contributed by atoms with E-state index in [2.05, 4.69) is 4.74 Å². The largest absolute Gasteiger partial charge is 0.573 e. The van der Waals surface area contributed by atoms with Crippen molar-refractivity contribution in [2.75, 3.05) is 18.0 Å². The number of fused-ring (bicyclic) bond motifs is 1. The number of ether oxygens (including phenoxy) is 1. The second-order valence-corrected chi connectivity index (χ2v) is 10.5. The summed E-state index contributed by atoms with van der Waals surface area (Å²) < 4.78 is 98.6. The summed E-state index contributed by atoms with van der Waals surface area (Å²) in [5.41, 5.74) is 2.61. The SMILES string of the molecule is Cc1ccccc1-c1cc(C2(Cc3cccc(OC(F)(F)F)c3)CN(C[C@@H](O)C(F)(F)F)c3ccccc32)ccc1F.O=C=O. The number of aryl methyl sites for hydroxylation is 1. The standard InChI is InChI=1S/C32H26F7NO2.CO2/c1-20-7-2-3-10-24(20)25-16-22(13-14-27(25)33)30(17-21-8-6-9-23(15-21)42-32(37,38)39)19-40(18-29(41)31(34,35)36)28-12-5-4-11-26(28)30;2-1-3/h2-16,29,41H,17-19H2,1H3;/t29-,30?;/m1./s1. The summed E-state index contributed by atoms with van der Waals surface area (Å²) in [6.07, 6.45) is -12.1. The van der Waals surface area contributed by atoms with Gasteiger partial charge in [-0.2, -0.15) is 22.8 Å². The number of hydrogen-bond acceptors (Lipinski definition) is 5. The third-order valence-electron chi connectivity index (χ3n) is 7.58. The van der Waals surface area contributed by atoms with Crippen molar-refractivity contribution >= 4 is 11.8 Å². The molecule has 1 aliphatic rings. The molecule has 0 aliphatic carbocycles. The van der Waals surface area contributed by atoms with Crippen LogP contribution in [0.3, 0.4) is 0 Å². The zero-order valence-corrected chi connectivity index (χ0v) is 23.6. The number of aliphatic hydroxyl groups is 1. The van der Waals surface area contributed by atoms with Crippen LogP contribution in [0.4, 0.5) is 36.4 Å². The molecule has 45 heavy (non-hydrogen) atoms. The molecule has 2 atom stereocenters. The minimum atomic E-state index is -4.92. The number of β-amino-alcohol motifs (C(OH)–C–C–N with tert-alkyl or cyclic N) is 1. The van der Waals surface area contributed by atoms with Crippen LogP contribution in [0.2, 0.25) is 0 Å². The van der Waals surface area contributed by atoms with Crippen LogP contribution in [0.25, 0.3) is 11.1 Å². The monoisotopic (exact) mass is 633 g/mol. The quantitative estimate of drug-likeness (QED) is 0.215. The number of anilines is 1. The Bertz CT molecular complexity index is 1680. The van der Waals surface area contributed by atoms with Crippen LogP contribution in [0, 0.1) is 12.7 Å². The maximum absolute atomic E-state index is 15.3. The Morgan fingerprint density at radius 3 is 2.22 bits per heavy atom. The molecule has 1 aliphatic heterocycles. The van der Waals surface area contributed by atoms with Crippen LogP contribution >= 0.6 is 0 Å². The fourth-order valence-electron chi connectivity index (χ4n) is 5.73. The molecular weight excluding hydrogens is 607 g/mol. The van der Waals surface area contributed by atoms with Gasteiger partial charge in [0.2, 0.25) is 0 Å². The Morgan fingerprint density at radius 1 is 0.889 bits per heavy atom. The molecule has 0 amide bonds.